The number of hydrogen-bond donors (Lipinski definition) is 1. The molecule has 0 amide bonds. The van der Waals surface area contributed by atoms with Crippen molar-refractivity contribution in [3.63, 3.8) is 0 Å². The number of halogens is 5. The van der Waals surface area contributed by atoms with Crippen LogP contribution < -0.4 is 4.72 Å². The first kappa shape index (κ1) is 19.9. The average molecular weight is 423 g/mol. The Balaban J connectivity index is 2.13. The molecule has 1 aromatic carbocycles. The van der Waals surface area contributed by atoms with Crippen molar-refractivity contribution in [1.29, 1.82) is 0 Å². The number of nitrogens with one attached hydrogen (secondary N) is 1. The number of benzene rings is 1. The molecule has 0 aliphatic carbocycles. The van der Waals surface area contributed by atoms with Crippen LogP contribution in [-0.4, -0.2) is 28.3 Å². The van der Waals surface area contributed by atoms with E-state index in [1.807, 2.05) is 4.72 Å². The Labute approximate surface area is 154 Å². The molecule has 3 rings (SSSR count). The number of hydrogen-bond acceptors (Lipinski definition) is 6. The van der Waals surface area contributed by atoms with E-state index >= 15 is 0 Å². The summed E-state index contributed by atoms with van der Waals surface area (Å²) in [6.45, 7) is 1.40. The highest BCUT2D eigenvalue weighted by Gasteiger charge is 2.36. The summed E-state index contributed by atoms with van der Waals surface area (Å²) in [6.07, 6.45) is 2.52. The van der Waals surface area contributed by atoms with Crippen LogP contribution in [-0.2, 0) is 17.1 Å². The van der Waals surface area contributed by atoms with Gasteiger partial charge in [-0.2, -0.15) is 14.8 Å². The van der Waals surface area contributed by atoms with Crippen LogP contribution in [0.5, 0.6) is 0 Å². The van der Waals surface area contributed by atoms with Crippen molar-refractivity contribution in [3.05, 3.63) is 58.8 Å². The predicted molar refractivity (Wildman–Crippen MR) is 80.6 cm³/mol. The molecular weight excluding hydrogens is 413 g/mol. The van der Waals surface area contributed by atoms with Gasteiger partial charge in [-0.1, -0.05) is 5.16 Å². The number of aromatic nitrogens is 4. The van der Waals surface area contributed by atoms with E-state index in [4.69, 9.17) is 4.52 Å². The number of aryl methyl sites for hydroxylation is 2. The lowest BCUT2D eigenvalue weighted by atomic mass is 10.2. The second kappa shape index (κ2) is 6.94. The highest BCUT2D eigenvalue weighted by Crippen LogP contribution is 2.29. The SMILES string of the molecule is Cc1nc(C(NS(=O)(=O)c2c(F)c(F)c(F)c(F)c2F)c2cnn(C)c2)no1. The Morgan fingerprint density at radius 2 is 1.64 bits per heavy atom. The first-order valence-corrected chi connectivity index (χ1v) is 8.83. The molecule has 8 nitrogen and oxygen atoms in total. The molecule has 0 fully saturated rings. The summed E-state index contributed by atoms with van der Waals surface area (Å²) >= 11 is 0. The van der Waals surface area contributed by atoms with Gasteiger partial charge in [0, 0.05) is 25.7 Å². The first-order chi connectivity index (χ1) is 13.0. The summed E-state index contributed by atoms with van der Waals surface area (Å²) in [6, 6.07) is -1.48. The van der Waals surface area contributed by atoms with Gasteiger partial charge in [-0.25, -0.2) is 30.4 Å². The number of rotatable bonds is 5. The van der Waals surface area contributed by atoms with E-state index in [1.54, 1.807) is 0 Å². The van der Waals surface area contributed by atoms with E-state index in [1.165, 1.54) is 31.0 Å². The highest BCUT2D eigenvalue weighted by atomic mass is 32.2. The molecule has 1 N–H and O–H groups in total. The van der Waals surface area contributed by atoms with Gasteiger partial charge < -0.3 is 4.52 Å². The Morgan fingerprint density at radius 1 is 1.07 bits per heavy atom. The molecule has 14 heteroatoms. The van der Waals surface area contributed by atoms with Crippen molar-refractivity contribution < 1.29 is 34.9 Å². The fraction of sp³-hybridized carbons (Fsp3) is 0.214. The summed E-state index contributed by atoms with van der Waals surface area (Å²) in [5.41, 5.74) is 0.121. The molecule has 150 valence electrons. The Morgan fingerprint density at radius 3 is 2.11 bits per heavy atom. The maximum absolute atomic E-state index is 14.0. The summed E-state index contributed by atoms with van der Waals surface area (Å²) < 4.78 is 101. The molecule has 3 aromatic rings. The van der Waals surface area contributed by atoms with Gasteiger partial charge in [-0.05, 0) is 0 Å². The minimum absolute atomic E-state index is 0.0410. The zero-order valence-electron chi connectivity index (χ0n) is 14.0. The van der Waals surface area contributed by atoms with Crippen molar-refractivity contribution in [3.8, 4) is 0 Å². The molecule has 0 spiro atoms. The smallest absolute Gasteiger partial charge is 0.247 e. The normalized spacial score (nSPS) is 13.1. The lowest BCUT2D eigenvalue weighted by Gasteiger charge is -2.15. The van der Waals surface area contributed by atoms with E-state index in [9.17, 15) is 30.4 Å². The third-order valence-electron chi connectivity index (χ3n) is 3.57. The van der Waals surface area contributed by atoms with Gasteiger partial charge in [0.1, 0.15) is 6.04 Å². The number of sulfonamides is 1. The van der Waals surface area contributed by atoms with Gasteiger partial charge in [0.15, 0.2) is 34.0 Å². The predicted octanol–water partition coefficient (Wildman–Crippen LogP) is 1.87. The minimum atomic E-state index is -5.27. The largest absolute Gasteiger partial charge is 0.340 e. The maximum atomic E-state index is 14.0. The van der Waals surface area contributed by atoms with Crippen LogP contribution in [0.25, 0.3) is 0 Å². The second-order valence-electron chi connectivity index (χ2n) is 5.57. The highest BCUT2D eigenvalue weighted by molar-refractivity contribution is 7.89. The summed E-state index contributed by atoms with van der Waals surface area (Å²) in [4.78, 5) is 1.80. The third kappa shape index (κ3) is 3.35. The van der Waals surface area contributed by atoms with E-state index in [0.717, 1.165) is 0 Å². The zero-order valence-corrected chi connectivity index (χ0v) is 14.9. The van der Waals surface area contributed by atoms with Crippen LogP contribution in [0.4, 0.5) is 22.0 Å². The molecule has 0 radical (unpaired) electrons. The van der Waals surface area contributed by atoms with E-state index < -0.39 is 50.0 Å². The molecule has 0 aliphatic heterocycles. The monoisotopic (exact) mass is 423 g/mol. The Kier molecular flexibility index (Phi) is 4.93. The van der Waals surface area contributed by atoms with Gasteiger partial charge >= 0.3 is 0 Å². The first-order valence-electron chi connectivity index (χ1n) is 7.35. The van der Waals surface area contributed by atoms with Gasteiger partial charge in [-0.15, -0.1) is 0 Å². The maximum Gasteiger partial charge on any atom is 0.247 e. The molecule has 0 bridgehead atoms. The van der Waals surface area contributed by atoms with Crippen LogP contribution in [0.1, 0.15) is 23.3 Å². The van der Waals surface area contributed by atoms with Gasteiger partial charge in [0.2, 0.25) is 21.7 Å². The van der Waals surface area contributed by atoms with Gasteiger partial charge in [0.05, 0.1) is 6.20 Å². The van der Waals surface area contributed by atoms with Crippen molar-refractivity contribution >= 4 is 10.0 Å². The van der Waals surface area contributed by atoms with Gasteiger partial charge in [-0.3, -0.25) is 4.68 Å². The van der Waals surface area contributed by atoms with Crippen molar-refractivity contribution in [2.45, 2.75) is 17.9 Å². The Bertz CT molecular complexity index is 1090. The molecule has 0 aliphatic rings. The second-order valence-corrected chi connectivity index (χ2v) is 7.22. The van der Waals surface area contributed by atoms with Crippen molar-refractivity contribution in [1.82, 2.24) is 24.6 Å². The number of nitrogens with zero attached hydrogens (tertiary/aromatic N) is 4. The van der Waals surface area contributed by atoms with E-state index in [2.05, 4.69) is 15.2 Å². The quantitative estimate of drug-likeness (QED) is 0.382. The summed E-state index contributed by atoms with van der Waals surface area (Å²) in [5, 5.41) is 7.35. The molecule has 1 unspecified atom stereocenters. The van der Waals surface area contributed by atoms with E-state index in [-0.39, 0.29) is 17.3 Å². The zero-order chi connectivity index (χ0) is 20.8. The lowest BCUT2D eigenvalue weighted by molar-refractivity contribution is 0.356. The molecule has 0 saturated heterocycles. The molecule has 2 aromatic heterocycles. The molecule has 0 saturated carbocycles. The van der Waals surface area contributed by atoms with Crippen LogP contribution in [0, 0.1) is 36.0 Å². The average Bonchev–Trinajstić information content (AvgIpc) is 3.24. The third-order valence-corrected chi connectivity index (χ3v) is 5.01. The fourth-order valence-electron chi connectivity index (χ4n) is 2.33. The minimum Gasteiger partial charge on any atom is -0.340 e. The molecule has 1 atom stereocenters. The van der Waals surface area contributed by atoms with Crippen molar-refractivity contribution in [2.75, 3.05) is 0 Å². The van der Waals surface area contributed by atoms with Gasteiger partial charge in [0.25, 0.3) is 0 Å². The standard InChI is InChI=1S/C14H10F5N5O3S/c1-5-21-14(22-27-5)12(6-3-20-24(2)4-6)23-28(25,26)13-10(18)8(16)7(15)9(17)11(13)19/h3-4,12,23H,1-2H3. The fourth-order valence-corrected chi connectivity index (χ4v) is 3.65. The van der Waals surface area contributed by atoms with Crippen LogP contribution in [0.2, 0.25) is 0 Å². The van der Waals surface area contributed by atoms with E-state index in [0.29, 0.717) is 0 Å². The van der Waals surface area contributed by atoms with Crippen molar-refractivity contribution in [2.24, 2.45) is 7.05 Å². The molecule has 2 heterocycles. The topological polar surface area (TPSA) is 103 Å². The Hall–Kier alpha value is -2.87. The summed E-state index contributed by atoms with van der Waals surface area (Å²) in [7, 11) is -3.77. The lowest BCUT2D eigenvalue weighted by Crippen LogP contribution is -2.32. The molecular formula is C14H10F5N5O3S. The van der Waals surface area contributed by atoms with Crippen LogP contribution >= 0.6 is 0 Å². The van der Waals surface area contributed by atoms with Crippen LogP contribution in [0.15, 0.2) is 21.8 Å². The van der Waals surface area contributed by atoms with Crippen LogP contribution in [0.3, 0.4) is 0 Å². The molecule has 28 heavy (non-hydrogen) atoms. The summed E-state index contributed by atoms with van der Waals surface area (Å²) in [5.74, 6) is -12.5.